The van der Waals surface area contributed by atoms with E-state index in [4.69, 9.17) is 16.3 Å². The molecular formula is C11H14ClN3O2. The first kappa shape index (κ1) is 12.1. The summed E-state index contributed by atoms with van der Waals surface area (Å²) < 4.78 is 5.34. The van der Waals surface area contributed by atoms with Gasteiger partial charge in [-0.3, -0.25) is 9.78 Å². The summed E-state index contributed by atoms with van der Waals surface area (Å²) in [6.07, 6.45) is 3.06. The van der Waals surface area contributed by atoms with Crippen molar-refractivity contribution in [3.8, 4) is 5.75 Å². The fraction of sp³-hybridized carbons (Fsp3) is 0.455. The summed E-state index contributed by atoms with van der Waals surface area (Å²) >= 11 is 5.76. The van der Waals surface area contributed by atoms with Crippen LogP contribution in [0.1, 0.15) is 0 Å². The summed E-state index contributed by atoms with van der Waals surface area (Å²) in [4.78, 5) is 17.4. The Morgan fingerprint density at radius 2 is 2.24 bits per heavy atom. The number of ether oxygens (including phenoxy) is 1. The van der Waals surface area contributed by atoms with Crippen molar-refractivity contribution in [3.63, 3.8) is 0 Å². The van der Waals surface area contributed by atoms with Crippen molar-refractivity contribution < 1.29 is 9.53 Å². The fourth-order valence-corrected chi connectivity index (χ4v) is 1.79. The van der Waals surface area contributed by atoms with E-state index in [9.17, 15) is 4.79 Å². The number of nitrogens with one attached hydrogen (secondary N) is 1. The van der Waals surface area contributed by atoms with E-state index >= 15 is 0 Å². The molecule has 1 aliphatic rings. The van der Waals surface area contributed by atoms with Crippen LogP contribution in [0.5, 0.6) is 5.75 Å². The van der Waals surface area contributed by atoms with Crippen LogP contribution in [0.2, 0.25) is 5.02 Å². The van der Waals surface area contributed by atoms with E-state index < -0.39 is 0 Å². The van der Waals surface area contributed by atoms with E-state index in [1.165, 1.54) is 12.4 Å². The number of amides is 1. The van der Waals surface area contributed by atoms with Gasteiger partial charge < -0.3 is 15.0 Å². The molecule has 6 heteroatoms. The predicted molar refractivity (Wildman–Crippen MR) is 64.2 cm³/mol. The molecule has 1 aromatic heterocycles. The van der Waals surface area contributed by atoms with Gasteiger partial charge >= 0.3 is 0 Å². The van der Waals surface area contributed by atoms with Crippen LogP contribution in [0.3, 0.4) is 0 Å². The normalized spacial score (nSPS) is 15.7. The Morgan fingerprint density at radius 3 is 2.94 bits per heavy atom. The molecule has 2 heterocycles. The standard InChI is InChI=1S/C11H14ClN3O2/c12-9-5-10(7-14-6-9)17-8-11(16)15-3-1-13-2-4-15/h5-7,13H,1-4,8H2. The van der Waals surface area contributed by atoms with Crippen LogP contribution < -0.4 is 10.1 Å². The molecule has 17 heavy (non-hydrogen) atoms. The molecule has 0 bridgehead atoms. The van der Waals surface area contributed by atoms with Crippen molar-refractivity contribution in [3.05, 3.63) is 23.5 Å². The minimum atomic E-state index is -0.00789. The van der Waals surface area contributed by atoms with E-state index in [1.807, 2.05) is 0 Å². The van der Waals surface area contributed by atoms with Gasteiger partial charge in [0.05, 0.1) is 11.2 Å². The van der Waals surface area contributed by atoms with Gasteiger partial charge in [-0.15, -0.1) is 0 Å². The third kappa shape index (κ3) is 3.57. The molecule has 1 N–H and O–H groups in total. The van der Waals surface area contributed by atoms with Gasteiger partial charge in [0.2, 0.25) is 0 Å². The lowest BCUT2D eigenvalue weighted by atomic mass is 10.3. The molecule has 0 saturated carbocycles. The first-order chi connectivity index (χ1) is 8.25. The monoisotopic (exact) mass is 255 g/mol. The molecular weight excluding hydrogens is 242 g/mol. The number of pyridine rings is 1. The SMILES string of the molecule is O=C(COc1cncc(Cl)c1)N1CCNCC1. The lowest BCUT2D eigenvalue weighted by Gasteiger charge is -2.27. The maximum atomic E-state index is 11.8. The molecule has 0 unspecified atom stereocenters. The number of halogens is 1. The molecule has 0 atom stereocenters. The molecule has 0 radical (unpaired) electrons. The van der Waals surface area contributed by atoms with Crippen LogP contribution in [-0.4, -0.2) is 48.6 Å². The Morgan fingerprint density at radius 1 is 1.47 bits per heavy atom. The van der Waals surface area contributed by atoms with Gasteiger partial charge in [-0.1, -0.05) is 11.6 Å². The van der Waals surface area contributed by atoms with Crippen LogP contribution in [-0.2, 0) is 4.79 Å². The van der Waals surface area contributed by atoms with Crippen LogP contribution in [0.25, 0.3) is 0 Å². The largest absolute Gasteiger partial charge is 0.482 e. The number of hydrogen-bond acceptors (Lipinski definition) is 4. The van der Waals surface area contributed by atoms with Crippen LogP contribution in [0.15, 0.2) is 18.5 Å². The summed E-state index contributed by atoms with van der Waals surface area (Å²) in [6.45, 7) is 3.17. The van der Waals surface area contributed by atoms with E-state index in [-0.39, 0.29) is 12.5 Å². The summed E-state index contributed by atoms with van der Waals surface area (Å²) in [6, 6.07) is 1.64. The molecule has 92 valence electrons. The number of carbonyl (C=O) groups is 1. The molecule has 1 aliphatic heterocycles. The van der Waals surface area contributed by atoms with Gasteiger partial charge in [0.15, 0.2) is 6.61 Å². The van der Waals surface area contributed by atoms with Gasteiger partial charge in [-0.25, -0.2) is 0 Å². The zero-order chi connectivity index (χ0) is 12.1. The average molecular weight is 256 g/mol. The van der Waals surface area contributed by atoms with Gasteiger partial charge in [-0.2, -0.15) is 0 Å². The number of carbonyl (C=O) groups excluding carboxylic acids is 1. The molecule has 0 spiro atoms. The average Bonchev–Trinajstić information content (AvgIpc) is 2.37. The molecule has 1 aromatic rings. The quantitative estimate of drug-likeness (QED) is 0.857. The molecule has 1 saturated heterocycles. The lowest BCUT2D eigenvalue weighted by Crippen LogP contribution is -2.47. The second-order valence-electron chi connectivity index (χ2n) is 3.76. The Labute approximate surface area is 105 Å². The van der Waals surface area contributed by atoms with E-state index in [2.05, 4.69) is 10.3 Å². The summed E-state index contributed by atoms with van der Waals surface area (Å²) in [5.74, 6) is 0.507. The van der Waals surface area contributed by atoms with Gasteiger partial charge in [0, 0.05) is 38.4 Å². The summed E-state index contributed by atoms with van der Waals surface area (Å²) in [7, 11) is 0. The number of piperazine rings is 1. The van der Waals surface area contributed by atoms with Crippen molar-refractivity contribution in [2.24, 2.45) is 0 Å². The number of nitrogens with zero attached hydrogens (tertiary/aromatic N) is 2. The number of hydrogen-bond donors (Lipinski definition) is 1. The van der Waals surface area contributed by atoms with Crippen LogP contribution in [0.4, 0.5) is 0 Å². The zero-order valence-electron chi connectivity index (χ0n) is 9.36. The third-order valence-corrected chi connectivity index (χ3v) is 2.72. The second-order valence-corrected chi connectivity index (χ2v) is 4.19. The second kappa shape index (κ2) is 5.84. The number of rotatable bonds is 3. The first-order valence-corrected chi connectivity index (χ1v) is 5.85. The Hall–Kier alpha value is -1.33. The molecule has 0 aliphatic carbocycles. The molecule has 0 aromatic carbocycles. The van der Waals surface area contributed by atoms with Gasteiger partial charge in [-0.05, 0) is 0 Å². The smallest absolute Gasteiger partial charge is 0.260 e. The topological polar surface area (TPSA) is 54.5 Å². The fourth-order valence-electron chi connectivity index (χ4n) is 1.62. The molecule has 2 rings (SSSR count). The minimum absolute atomic E-state index is 0.00789. The highest BCUT2D eigenvalue weighted by molar-refractivity contribution is 6.30. The van der Waals surface area contributed by atoms with E-state index in [0.717, 1.165) is 26.2 Å². The van der Waals surface area contributed by atoms with Crippen molar-refractivity contribution in [1.82, 2.24) is 15.2 Å². The summed E-state index contributed by atoms with van der Waals surface area (Å²) in [5, 5.41) is 3.69. The van der Waals surface area contributed by atoms with Crippen molar-refractivity contribution in [2.75, 3.05) is 32.8 Å². The van der Waals surface area contributed by atoms with Crippen LogP contribution >= 0.6 is 11.6 Å². The van der Waals surface area contributed by atoms with Crippen molar-refractivity contribution in [2.45, 2.75) is 0 Å². The Kier molecular flexibility index (Phi) is 4.17. The molecule has 5 nitrogen and oxygen atoms in total. The van der Waals surface area contributed by atoms with Gasteiger partial charge in [0.1, 0.15) is 5.75 Å². The zero-order valence-corrected chi connectivity index (χ0v) is 10.1. The third-order valence-electron chi connectivity index (χ3n) is 2.51. The Bertz CT molecular complexity index is 394. The van der Waals surface area contributed by atoms with Crippen LogP contribution in [0, 0.1) is 0 Å². The number of aromatic nitrogens is 1. The molecule has 1 fully saturated rings. The highest BCUT2D eigenvalue weighted by atomic mass is 35.5. The maximum absolute atomic E-state index is 11.8. The van der Waals surface area contributed by atoms with E-state index in [1.54, 1.807) is 11.0 Å². The first-order valence-electron chi connectivity index (χ1n) is 5.47. The van der Waals surface area contributed by atoms with Crippen molar-refractivity contribution >= 4 is 17.5 Å². The Balaban J connectivity index is 1.83. The predicted octanol–water partition coefficient (Wildman–Crippen LogP) is 0.546. The lowest BCUT2D eigenvalue weighted by molar-refractivity contribution is -0.133. The highest BCUT2D eigenvalue weighted by Gasteiger charge is 2.16. The van der Waals surface area contributed by atoms with Crippen molar-refractivity contribution in [1.29, 1.82) is 0 Å². The molecule has 1 amide bonds. The van der Waals surface area contributed by atoms with Gasteiger partial charge in [0.25, 0.3) is 5.91 Å². The summed E-state index contributed by atoms with van der Waals surface area (Å²) in [5.41, 5.74) is 0. The van der Waals surface area contributed by atoms with E-state index in [0.29, 0.717) is 10.8 Å². The highest BCUT2D eigenvalue weighted by Crippen LogP contribution is 2.15. The minimum Gasteiger partial charge on any atom is -0.482 e. The maximum Gasteiger partial charge on any atom is 0.260 e.